The molecule has 0 fully saturated rings. The summed E-state index contributed by atoms with van der Waals surface area (Å²) in [6.07, 6.45) is 1.01. The average Bonchev–Trinajstić information content (AvgIpc) is 3.04. The summed E-state index contributed by atoms with van der Waals surface area (Å²) in [5.41, 5.74) is 0.712. The van der Waals surface area contributed by atoms with E-state index in [0.717, 1.165) is 6.08 Å². The lowest BCUT2D eigenvalue weighted by molar-refractivity contribution is -0.117. The summed E-state index contributed by atoms with van der Waals surface area (Å²) in [6.45, 7) is 5.39. The SMILES string of the molecule is CCc1cc(OC(F)F)cc(C(C)C)c1CC(=O)N=S(N)(=O)C1=C(F)C=C(C(C)(C)O)C1. The van der Waals surface area contributed by atoms with Gasteiger partial charge in [0, 0.05) is 6.42 Å². The molecule has 0 saturated heterocycles. The Morgan fingerprint density at radius 2 is 1.97 bits per heavy atom. The fourth-order valence-electron chi connectivity index (χ4n) is 3.51. The first-order valence-corrected chi connectivity index (χ1v) is 11.7. The van der Waals surface area contributed by atoms with E-state index >= 15 is 0 Å². The van der Waals surface area contributed by atoms with Crippen LogP contribution in [0, 0.1) is 0 Å². The second-order valence-corrected chi connectivity index (χ2v) is 10.3. The number of amides is 1. The van der Waals surface area contributed by atoms with Crippen LogP contribution in [0.4, 0.5) is 13.2 Å². The van der Waals surface area contributed by atoms with Gasteiger partial charge in [-0.25, -0.2) is 13.7 Å². The lowest BCUT2D eigenvalue weighted by Gasteiger charge is -2.19. The zero-order valence-electron chi connectivity index (χ0n) is 18.7. The van der Waals surface area contributed by atoms with Crippen LogP contribution in [0.3, 0.4) is 0 Å². The number of nitrogens with two attached hydrogens (primary N) is 1. The van der Waals surface area contributed by atoms with Crippen molar-refractivity contribution in [2.24, 2.45) is 9.50 Å². The third kappa shape index (κ3) is 6.20. The Kier molecular flexibility index (Phi) is 7.96. The maximum absolute atomic E-state index is 14.4. The van der Waals surface area contributed by atoms with Crippen molar-refractivity contribution in [1.82, 2.24) is 0 Å². The number of hydrogen-bond acceptors (Lipinski definition) is 4. The van der Waals surface area contributed by atoms with Gasteiger partial charge in [0.25, 0.3) is 5.91 Å². The van der Waals surface area contributed by atoms with Gasteiger partial charge in [0.2, 0.25) is 0 Å². The van der Waals surface area contributed by atoms with Gasteiger partial charge in [-0.05, 0) is 66.7 Å². The molecule has 0 bridgehead atoms. The number of carbonyl (C=O) groups is 1. The van der Waals surface area contributed by atoms with E-state index < -0.39 is 33.9 Å². The van der Waals surface area contributed by atoms with E-state index in [9.17, 15) is 27.3 Å². The molecule has 0 spiro atoms. The first-order chi connectivity index (χ1) is 14.7. The Labute approximate surface area is 186 Å². The van der Waals surface area contributed by atoms with Crippen molar-refractivity contribution in [1.29, 1.82) is 0 Å². The first-order valence-electron chi connectivity index (χ1n) is 10.2. The molecule has 178 valence electrons. The van der Waals surface area contributed by atoms with Crippen LogP contribution < -0.4 is 9.88 Å². The summed E-state index contributed by atoms with van der Waals surface area (Å²) in [5, 5.41) is 15.8. The van der Waals surface area contributed by atoms with Crippen LogP contribution in [-0.2, 0) is 27.6 Å². The number of allylic oxidation sites excluding steroid dienone is 3. The minimum Gasteiger partial charge on any atom is -0.435 e. The lowest BCUT2D eigenvalue weighted by Crippen LogP contribution is -2.23. The topological polar surface area (TPSA) is 102 Å². The molecule has 0 aromatic heterocycles. The third-order valence-electron chi connectivity index (χ3n) is 5.20. The fourth-order valence-corrected chi connectivity index (χ4v) is 4.69. The second-order valence-electron chi connectivity index (χ2n) is 8.44. The highest BCUT2D eigenvalue weighted by atomic mass is 32.2. The van der Waals surface area contributed by atoms with Crippen LogP contribution in [0.2, 0.25) is 0 Å². The zero-order valence-corrected chi connectivity index (χ0v) is 19.6. The Bertz CT molecular complexity index is 1080. The number of halogens is 3. The van der Waals surface area contributed by atoms with Crippen molar-refractivity contribution < 1.29 is 32.0 Å². The van der Waals surface area contributed by atoms with E-state index in [1.165, 1.54) is 26.0 Å². The highest BCUT2D eigenvalue weighted by molar-refractivity contribution is 7.95. The number of hydrogen-bond donors (Lipinski definition) is 2. The molecule has 1 aromatic carbocycles. The van der Waals surface area contributed by atoms with E-state index in [4.69, 9.17) is 5.14 Å². The predicted molar refractivity (Wildman–Crippen MR) is 117 cm³/mol. The number of carbonyl (C=O) groups excluding carboxylic acids is 1. The number of aryl methyl sites for hydroxylation is 1. The molecule has 1 unspecified atom stereocenters. The molecule has 3 N–H and O–H groups in total. The smallest absolute Gasteiger partial charge is 0.387 e. The minimum absolute atomic E-state index is 0.0142. The van der Waals surface area contributed by atoms with Crippen molar-refractivity contribution in [3.05, 3.63) is 51.2 Å². The van der Waals surface area contributed by atoms with Gasteiger partial charge in [0.15, 0.2) is 0 Å². The maximum Gasteiger partial charge on any atom is 0.387 e. The summed E-state index contributed by atoms with van der Waals surface area (Å²) in [7, 11) is -3.86. The Hall–Kier alpha value is -2.17. The van der Waals surface area contributed by atoms with Gasteiger partial charge in [-0.2, -0.15) is 8.78 Å². The molecule has 1 aliphatic carbocycles. The zero-order chi connectivity index (χ0) is 24.4. The molecule has 2 rings (SSSR count). The molecule has 32 heavy (non-hydrogen) atoms. The molecule has 1 aliphatic rings. The number of ether oxygens (including phenoxy) is 1. The van der Waals surface area contributed by atoms with E-state index in [-0.39, 0.29) is 35.0 Å². The second kappa shape index (κ2) is 9.76. The third-order valence-corrected chi connectivity index (χ3v) is 6.72. The normalized spacial score (nSPS) is 16.4. The summed E-state index contributed by atoms with van der Waals surface area (Å²) in [6, 6.07) is 2.87. The van der Waals surface area contributed by atoms with Crippen LogP contribution in [0.5, 0.6) is 5.75 Å². The molecule has 0 saturated carbocycles. The Morgan fingerprint density at radius 3 is 2.44 bits per heavy atom. The predicted octanol–water partition coefficient (Wildman–Crippen LogP) is 4.67. The van der Waals surface area contributed by atoms with Gasteiger partial charge in [0.1, 0.15) is 21.5 Å². The average molecular weight is 475 g/mol. The Morgan fingerprint density at radius 1 is 1.34 bits per heavy atom. The molecular formula is C22H29F3N2O4S. The van der Waals surface area contributed by atoms with Crippen LogP contribution in [0.25, 0.3) is 0 Å². The highest BCUT2D eigenvalue weighted by Crippen LogP contribution is 2.36. The van der Waals surface area contributed by atoms with E-state index in [0.29, 0.717) is 23.1 Å². The number of benzene rings is 1. The molecule has 1 amide bonds. The van der Waals surface area contributed by atoms with Gasteiger partial charge in [-0.15, -0.1) is 4.36 Å². The lowest BCUT2D eigenvalue weighted by atomic mass is 9.90. The molecule has 0 radical (unpaired) electrons. The summed E-state index contributed by atoms with van der Waals surface area (Å²) < 4.78 is 60.7. The maximum atomic E-state index is 14.4. The summed E-state index contributed by atoms with van der Waals surface area (Å²) >= 11 is 0. The van der Waals surface area contributed by atoms with Crippen LogP contribution in [0.15, 0.2) is 38.9 Å². The molecule has 1 atom stereocenters. The molecule has 10 heteroatoms. The summed E-state index contributed by atoms with van der Waals surface area (Å²) in [4.78, 5) is 12.3. The Balaban J connectivity index is 2.39. The van der Waals surface area contributed by atoms with Crippen LogP contribution in [-0.4, -0.2) is 27.4 Å². The minimum atomic E-state index is -3.86. The van der Waals surface area contributed by atoms with E-state index in [1.807, 2.05) is 13.8 Å². The number of aliphatic hydroxyl groups is 1. The highest BCUT2D eigenvalue weighted by Gasteiger charge is 2.31. The first kappa shape index (κ1) is 26.1. The largest absolute Gasteiger partial charge is 0.435 e. The number of rotatable bonds is 8. The quantitative estimate of drug-likeness (QED) is 0.572. The fraction of sp³-hybridized carbons (Fsp3) is 0.500. The molecular weight excluding hydrogens is 445 g/mol. The number of nitrogens with zero attached hydrogens (tertiary/aromatic N) is 1. The van der Waals surface area contributed by atoms with Crippen molar-refractivity contribution in [2.75, 3.05) is 0 Å². The van der Waals surface area contributed by atoms with Crippen molar-refractivity contribution in [3.63, 3.8) is 0 Å². The molecule has 0 aliphatic heterocycles. The van der Waals surface area contributed by atoms with Gasteiger partial charge in [0.05, 0.1) is 16.9 Å². The van der Waals surface area contributed by atoms with E-state index in [2.05, 4.69) is 9.10 Å². The monoisotopic (exact) mass is 474 g/mol. The van der Waals surface area contributed by atoms with Gasteiger partial charge >= 0.3 is 6.61 Å². The van der Waals surface area contributed by atoms with Crippen molar-refractivity contribution in [2.45, 2.75) is 72.0 Å². The van der Waals surface area contributed by atoms with Gasteiger partial charge in [-0.3, -0.25) is 4.79 Å². The van der Waals surface area contributed by atoms with Gasteiger partial charge in [-0.1, -0.05) is 20.8 Å². The van der Waals surface area contributed by atoms with Gasteiger partial charge < -0.3 is 9.84 Å². The number of alkyl halides is 2. The van der Waals surface area contributed by atoms with Crippen LogP contribution in [0.1, 0.15) is 63.6 Å². The van der Waals surface area contributed by atoms with Crippen molar-refractivity contribution in [3.8, 4) is 5.75 Å². The molecule has 6 nitrogen and oxygen atoms in total. The summed E-state index contributed by atoms with van der Waals surface area (Å²) in [5.74, 6) is -1.84. The molecule has 0 heterocycles. The van der Waals surface area contributed by atoms with Crippen LogP contribution >= 0.6 is 0 Å². The standard InChI is InChI=1S/C22H29F3N2O4S/c1-6-13-7-15(31-21(24)25)10-16(12(2)3)17(13)11-20(28)27-32(26,30)19-9-14(8-18(19)23)22(4,5)29/h7-8,10,12,21,29H,6,9,11H2,1-5H3,(H2,26,27,28,30). The van der Waals surface area contributed by atoms with E-state index in [1.54, 1.807) is 6.92 Å². The molecule has 1 aromatic rings. The van der Waals surface area contributed by atoms with Crippen molar-refractivity contribution >= 4 is 15.8 Å².